The predicted molar refractivity (Wildman–Crippen MR) is 68.9 cm³/mol. The van der Waals surface area contributed by atoms with Crippen molar-refractivity contribution in [2.75, 3.05) is 11.1 Å². The van der Waals surface area contributed by atoms with E-state index in [2.05, 4.69) is 5.32 Å². The first-order valence-electron chi connectivity index (χ1n) is 5.44. The minimum atomic E-state index is -0.674. The fourth-order valence-corrected chi connectivity index (χ4v) is 1.74. The summed E-state index contributed by atoms with van der Waals surface area (Å²) in [6.07, 6.45) is 1.59. The Bertz CT molecular complexity index is 684. The van der Waals surface area contributed by atoms with E-state index in [0.29, 0.717) is 11.4 Å². The van der Waals surface area contributed by atoms with E-state index in [1.807, 2.05) is 0 Å². The van der Waals surface area contributed by atoms with Crippen LogP contribution in [0.5, 0.6) is 0 Å². The molecule has 1 aromatic carbocycles. The highest BCUT2D eigenvalue weighted by Crippen LogP contribution is 2.19. The lowest BCUT2D eigenvalue weighted by Gasteiger charge is -2.07. The second kappa shape index (κ2) is 4.82. The van der Waals surface area contributed by atoms with Crippen LogP contribution in [0.15, 0.2) is 30.5 Å². The molecule has 1 amide bonds. The SMILES string of the molecule is Cn1cc(N)cc1C(=O)Nc1cccc(F)c1C#N. The van der Waals surface area contributed by atoms with Gasteiger partial charge in [-0.15, -0.1) is 0 Å². The van der Waals surface area contributed by atoms with Crippen molar-refractivity contribution in [2.24, 2.45) is 7.05 Å². The molecule has 0 aliphatic heterocycles. The number of nitrogens with two attached hydrogens (primary N) is 1. The lowest BCUT2D eigenvalue weighted by atomic mass is 10.2. The summed E-state index contributed by atoms with van der Waals surface area (Å²) in [5.41, 5.74) is 6.29. The average molecular weight is 258 g/mol. The Morgan fingerprint density at radius 2 is 2.26 bits per heavy atom. The van der Waals surface area contributed by atoms with E-state index in [4.69, 9.17) is 11.0 Å². The largest absolute Gasteiger partial charge is 0.397 e. The zero-order chi connectivity index (χ0) is 14.0. The van der Waals surface area contributed by atoms with Gasteiger partial charge in [-0.25, -0.2) is 4.39 Å². The van der Waals surface area contributed by atoms with E-state index in [0.717, 1.165) is 6.07 Å². The van der Waals surface area contributed by atoms with Crippen molar-refractivity contribution in [1.29, 1.82) is 5.26 Å². The highest BCUT2D eigenvalue weighted by molar-refractivity contribution is 6.04. The van der Waals surface area contributed by atoms with Gasteiger partial charge in [0.1, 0.15) is 23.1 Å². The molecule has 19 heavy (non-hydrogen) atoms. The number of aryl methyl sites for hydroxylation is 1. The number of nitrogen functional groups attached to an aromatic ring is 1. The summed E-state index contributed by atoms with van der Waals surface area (Å²) >= 11 is 0. The zero-order valence-electron chi connectivity index (χ0n) is 10.1. The number of carbonyl (C=O) groups is 1. The van der Waals surface area contributed by atoms with Gasteiger partial charge in [0.2, 0.25) is 0 Å². The van der Waals surface area contributed by atoms with Gasteiger partial charge < -0.3 is 15.6 Å². The number of hydrogen-bond acceptors (Lipinski definition) is 3. The number of hydrogen-bond donors (Lipinski definition) is 2. The number of anilines is 2. The number of carbonyl (C=O) groups excluding carboxylic acids is 1. The topological polar surface area (TPSA) is 83.8 Å². The molecule has 2 rings (SSSR count). The van der Waals surface area contributed by atoms with Crippen LogP contribution in [0.2, 0.25) is 0 Å². The van der Waals surface area contributed by atoms with E-state index in [1.54, 1.807) is 23.9 Å². The lowest BCUT2D eigenvalue weighted by molar-refractivity contribution is 0.101. The summed E-state index contributed by atoms with van der Waals surface area (Å²) in [5, 5.41) is 11.4. The molecule has 3 N–H and O–H groups in total. The second-order valence-corrected chi connectivity index (χ2v) is 4.00. The Balaban J connectivity index is 2.32. The molecular formula is C13H11FN4O. The van der Waals surface area contributed by atoms with Crippen LogP contribution in [0, 0.1) is 17.1 Å². The van der Waals surface area contributed by atoms with Crippen molar-refractivity contribution >= 4 is 17.3 Å². The summed E-state index contributed by atoms with van der Waals surface area (Å²) in [7, 11) is 1.67. The van der Waals surface area contributed by atoms with Gasteiger partial charge in [0, 0.05) is 13.2 Å². The number of amides is 1. The number of aromatic nitrogens is 1. The Kier molecular flexibility index (Phi) is 3.21. The number of nitrogens with one attached hydrogen (secondary N) is 1. The van der Waals surface area contributed by atoms with E-state index in [1.165, 1.54) is 18.2 Å². The van der Waals surface area contributed by atoms with Crippen molar-refractivity contribution in [2.45, 2.75) is 0 Å². The Morgan fingerprint density at radius 1 is 1.53 bits per heavy atom. The predicted octanol–water partition coefficient (Wildman–Crippen LogP) is 1.87. The number of benzene rings is 1. The Morgan fingerprint density at radius 3 is 2.84 bits per heavy atom. The van der Waals surface area contributed by atoms with Crippen LogP contribution in [0.25, 0.3) is 0 Å². The minimum Gasteiger partial charge on any atom is -0.397 e. The molecule has 0 bridgehead atoms. The van der Waals surface area contributed by atoms with E-state index in [9.17, 15) is 9.18 Å². The van der Waals surface area contributed by atoms with Crippen molar-refractivity contribution in [3.63, 3.8) is 0 Å². The molecule has 0 aliphatic rings. The second-order valence-electron chi connectivity index (χ2n) is 4.00. The normalized spacial score (nSPS) is 9.95. The maximum atomic E-state index is 13.4. The lowest BCUT2D eigenvalue weighted by Crippen LogP contribution is -2.16. The van der Waals surface area contributed by atoms with Crippen LogP contribution >= 0.6 is 0 Å². The van der Waals surface area contributed by atoms with Crippen LogP contribution in [0.1, 0.15) is 16.1 Å². The molecule has 1 aromatic heterocycles. The van der Waals surface area contributed by atoms with Gasteiger partial charge in [0.15, 0.2) is 0 Å². The molecule has 2 aromatic rings. The van der Waals surface area contributed by atoms with E-state index < -0.39 is 11.7 Å². The molecule has 0 aliphatic carbocycles. The molecule has 0 saturated carbocycles. The summed E-state index contributed by atoms with van der Waals surface area (Å²) in [6.45, 7) is 0. The molecule has 96 valence electrons. The molecule has 0 saturated heterocycles. The monoisotopic (exact) mass is 258 g/mol. The smallest absolute Gasteiger partial charge is 0.272 e. The highest BCUT2D eigenvalue weighted by atomic mass is 19.1. The first-order valence-corrected chi connectivity index (χ1v) is 5.44. The molecule has 0 atom stereocenters. The minimum absolute atomic E-state index is 0.132. The zero-order valence-corrected chi connectivity index (χ0v) is 10.1. The van der Waals surface area contributed by atoms with Crippen LogP contribution in [0.4, 0.5) is 15.8 Å². The molecular weight excluding hydrogens is 247 g/mol. The van der Waals surface area contributed by atoms with Crippen LogP contribution in [0.3, 0.4) is 0 Å². The summed E-state index contributed by atoms with van der Waals surface area (Å²) in [4.78, 5) is 12.0. The van der Waals surface area contributed by atoms with Crippen LogP contribution < -0.4 is 11.1 Å². The fraction of sp³-hybridized carbons (Fsp3) is 0.0769. The first kappa shape index (κ1) is 12.6. The number of rotatable bonds is 2. The third-order valence-corrected chi connectivity index (χ3v) is 2.63. The van der Waals surface area contributed by atoms with Gasteiger partial charge in [-0.2, -0.15) is 5.26 Å². The molecule has 1 heterocycles. The quantitative estimate of drug-likeness (QED) is 0.862. The fourth-order valence-electron chi connectivity index (χ4n) is 1.74. The number of nitriles is 1. The van der Waals surface area contributed by atoms with Crippen molar-refractivity contribution in [1.82, 2.24) is 4.57 Å². The van der Waals surface area contributed by atoms with Gasteiger partial charge in [-0.1, -0.05) is 6.07 Å². The molecule has 0 radical (unpaired) electrons. The number of halogens is 1. The van der Waals surface area contributed by atoms with Gasteiger partial charge in [0.05, 0.1) is 11.4 Å². The highest BCUT2D eigenvalue weighted by Gasteiger charge is 2.14. The number of nitrogens with zero attached hydrogens (tertiary/aromatic N) is 2. The summed E-state index contributed by atoms with van der Waals surface area (Å²) in [6, 6.07) is 7.27. The Labute approximate surface area is 109 Å². The van der Waals surface area contributed by atoms with Crippen LogP contribution in [-0.4, -0.2) is 10.5 Å². The third-order valence-electron chi connectivity index (χ3n) is 2.63. The van der Waals surface area contributed by atoms with Gasteiger partial charge in [-0.3, -0.25) is 4.79 Å². The molecule has 0 unspecified atom stereocenters. The van der Waals surface area contributed by atoms with Gasteiger partial charge in [0.25, 0.3) is 5.91 Å². The average Bonchev–Trinajstić information content (AvgIpc) is 2.69. The Hall–Kier alpha value is -2.81. The first-order chi connectivity index (χ1) is 9.02. The van der Waals surface area contributed by atoms with Crippen molar-refractivity contribution < 1.29 is 9.18 Å². The molecule has 0 spiro atoms. The maximum absolute atomic E-state index is 13.4. The van der Waals surface area contributed by atoms with E-state index >= 15 is 0 Å². The summed E-state index contributed by atoms with van der Waals surface area (Å²) < 4.78 is 14.9. The third kappa shape index (κ3) is 2.40. The molecule has 0 fully saturated rings. The molecule has 5 nitrogen and oxygen atoms in total. The van der Waals surface area contributed by atoms with E-state index in [-0.39, 0.29) is 11.3 Å². The molecule has 6 heteroatoms. The van der Waals surface area contributed by atoms with Crippen molar-refractivity contribution in [3.8, 4) is 6.07 Å². The summed E-state index contributed by atoms with van der Waals surface area (Å²) in [5.74, 6) is -1.13. The van der Waals surface area contributed by atoms with Crippen molar-refractivity contribution in [3.05, 3.63) is 47.5 Å². The van der Waals surface area contributed by atoms with Gasteiger partial charge in [-0.05, 0) is 18.2 Å². The van der Waals surface area contributed by atoms with Crippen LogP contribution in [-0.2, 0) is 7.05 Å². The maximum Gasteiger partial charge on any atom is 0.272 e. The van der Waals surface area contributed by atoms with Gasteiger partial charge >= 0.3 is 0 Å². The standard InChI is InChI=1S/C13H11FN4O/c1-18-7-8(16)5-12(18)13(19)17-11-4-2-3-10(14)9(11)6-15/h2-5,7H,16H2,1H3,(H,17,19).